The highest BCUT2D eigenvalue weighted by Crippen LogP contribution is 2.09. The molecule has 0 saturated carbocycles. The van der Waals surface area contributed by atoms with Crippen LogP contribution in [-0.2, 0) is 11.2 Å². The smallest absolute Gasteiger partial charge is 0.337 e. The molecule has 0 aliphatic carbocycles. The predicted molar refractivity (Wildman–Crippen MR) is 47.3 cm³/mol. The van der Waals surface area contributed by atoms with Crippen LogP contribution >= 0.6 is 0 Å². The zero-order valence-electron chi connectivity index (χ0n) is 7.52. The highest BCUT2D eigenvalue weighted by atomic mass is 16.4. The van der Waals surface area contributed by atoms with Gasteiger partial charge in [0, 0.05) is 6.20 Å². The summed E-state index contributed by atoms with van der Waals surface area (Å²) in [5, 5.41) is 17.3. The van der Waals surface area contributed by atoms with Gasteiger partial charge in [-0.05, 0) is 18.6 Å². The number of aryl methyl sites for hydroxylation is 1. The molecule has 0 bridgehead atoms. The number of aromatic nitrogens is 1. The fourth-order valence-electron chi connectivity index (χ4n) is 1.07. The molecule has 1 heterocycles. The largest absolute Gasteiger partial charge is 0.481 e. The van der Waals surface area contributed by atoms with E-state index in [4.69, 9.17) is 10.2 Å². The summed E-state index contributed by atoms with van der Waals surface area (Å²) in [5.74, 6) is -2.25. The molecule has 0 unspecified atom stereocenters. The number of carboxylic acids is 2. The fraction of sp³-hybridized carbons (Fsp3) is 0.222. The molecule has 0 saturated heterocycles. The Labute approximate surface area is 80.0 Å². The van der Waals surface area contributed by atoms with Crippen LogP contribution in [0.3, 0.4) is 0 Å². The van der Waals surface area contributed by atoms with Gasteiger partial charge in [-0.3, -0.25) is 9.78 Å². The average molecular weight is 195 g/mol. The molecule has 1 rings (SSSR count). The molecule has 0 fully saturated rings. The van der Waals surface area contributed by atoms with Crippen molar-refractivity contribution in [3.8, 4) is 0 Å². The second-order valence-electron chi connectivity index (χ2n) is 2.88. The van der Waals surface area contributed by atoms with Crippen molar-refractivity contribution >= 4 is 11.9 Å². The van der Waals surface area contributed by atoms with Crippen LogP contribution in [0, 0.1) is 6.92 Å². The number of aliphatic carboxylic acids is 1. The number of hydrogen-bond donors (Lipinski definition) is 2. The molecule has 1 aromatic rings. The number of nitrogens with zero attached hydrogens (tertiary/aromatic N) is 1. The molecule has 2 N–H and O–H groups in total. The number of pyridine rings is 1. The maximum atomic E-state index is 10.7. The van der Waals surface area contributed by atoms with E-state index >= 15 is 0 Å². The van der Waals surface area contributed by atoms with Gasteiger partial charge < -0.3 is 10.2 Å². The van der Waals surface area contributed by atoms with Gasteiger partial charge in [-0.2, -0.15) is 0 Å². The maximum Gasteiger partial charge on any atom is 0.337 e. The van der Waals surface area contributed by atoms with Crippen LogP contribution in [0.1, 0.15) is 21.6 Å². The maximum absolute atomic E-state index is 10.7. The first-order valence-corrected chi connectivity index (χ1v) is 3.91. The minimum absolute atomic E-state index is 0.0487. The summed E-state index contributed by atoms with van der Waals surface area (Å²) < 4.78 is 0. The monoisotopic (exact) mass is 195 g/mol. The van der Waals surface area contributed by atoms with Gasteiger partial charge in [-0.15, -0.1) is 0 Å². The zero-order chi connectivity index (χ0) is 10.7. The van der Waals surface area contributed by atoms with Crippen LogP contribution in [0.25, 0.3) is 0 Å². The molecule has 5 heteroatoms. The average Bonchev–Trinajstić information content (AvgIpc) is 2.07. The summed E-state index contributed by atoms with van der Waals surface area (Å²) in [7, 11) is 0. The van der Waals surface area contributed by atoms with Crippen LogP contribution in [-0.4, -0.2) is 27.1 Å². The molecule has 14 heavy (non-hydrogen) atoms. The lowest BCUT2D eigenvalue weighted by Crippen LogP contribution is -2.10. The van der Waals surface area contributed by atoms with Crippen molar-refractivity contribution in [2.75, 3.05) is 0 Å². The van der Waals surface area contributed by atoms with Crippen LogP contribution in [0.4, 0.5) is 0 Å². The molecule has 0 spiro atoms. The highest BCUT2D eigenvalue weighted by Gasteiger charge is 2.13. The third-order valence-corrected chi connectivity index (χ3v) is 1.66. The van der Waals surface area contributed by atoms with Crippen LogP contribution in [0.5, 0.6) is 0 Å². The molecular formula is C9H9NO4. The van der Waals surface area contributed by atoms with Crippen LogP contribution < -0.4 is 0 Å². The number of carbonyl (C=O) groups is 2. The van der Waals surface area contributed by atoms with Gasteiger partial charge in [0.2, 0.25) is 0 Å². The Morgan fingerprint density at radius 2 is 2.07 bits per heavy atom. The normalized spacial score (nSPS) is 9.79. The van der Waals surface area contributed by atoms with E-state index in [0.717, 1.165) is 0 Å². The van der Waals surface area contributed by atoms with Crippen molar-refractivity contribution in [2.24, 2.45) is 0 Å². The number of carboxylic acid groups (broad SMARTS) is 2. The Kier molecular flexibility index (Phi) is 2.81. The number of rotatable bonds is 3. The summed E-state index contributed by atoms with van der Waals surface area (Å²) in [5.41, 5.74) is 0.722. The van der Waals surface area contributed by atoms with Crippen molar-refractivity contribution < 1.29 is 19.8 Å². The standard InChI is InChI=1S/C9H9NO4/c1-5-2-6(9(13)14)7(10-4-5)3-8(11)12/h2,4H,3H2,1H3,(H,11,12)(H,13,14). The van der Waals surface area contributed by atoms with Gasteiger partial charge in [-0.1, -0.05) is 0 Å². The van der Waals surface area contributed by atoms with E-state index in [1.807, 2.05) is 0 Å². The lowest BCUT2D eigenvalue weighted by atomic mass is 10.1. The van der Waals surface area contributed by atoms with E-state index in [0.29, 0.717) is 5.56 Å². The Hall–Kier alpha value is -1.91. The van der Waals surface area contributed by atoms with Gasteiger partial charge in [-0.25, -0.2) is 4.79 Å². The van der Waals surface area contributed by atoms with Crippen molar-refractivity contribution in [1.82, 2.24) is 4.98 Å². The Morgan fingerprint density at radius 3 is 2.57 bits per heavy atom. The SMILES string of the molecule is Cc1cnc(CC(=O)O)c(C(=O)O)c1. The van der Waals surface area contributed by atoms with E-state index in [-0.39, 0.29) is 17.7 Å². The van der Waals surface area contributed by atoms with E-state index < -0.39 is 11.9 Å². The van der Waals surface area contributed by atoms with Crippen molar-refractivity contribution in [2.45, 2.75) is 13.3 Å². The van der Waals surface area contributed by atoms with E-state index in [2.05, 4.69) is 4.98 Å². The fourth-order valence-corrected chi connectivity index (χ4v) is 1.07. The third-order valence-electron chi connectivity index (χ3n) is 1.66. The van der Waals surface area contributed by atoms with Gasteiger partial charge >= 0.3 is 11.9 Å². The van der Waals surface area contributed by atoms with Crippen LogP contribution in [0.15, 0.2) is 12.3 Å². The van der Waals surface area contributed by atoms with Crippen molar-refractivity contribution in [1.29, 1.82) is 0 Å². The summed E-state index contributed by atoms with van der Waals surface area (Å²) in [6, 6.07) is 1.41. The molecule has 0 aliphatic rings. The second-order valence-corrected chi connectivity index (χ2v) is 2.88. The number of hydrogen-bond acceptors (Lipinski definition) is 3. The molecule has 74 valence electrons. The Balaban J connectivity index is 3.14. The van der Waals surface area contributed by atoms with E-state index in [9.17, 15) is 9.59 Å². The van der Waals surface area contributed by atoms with Crippen molar-refractivity contribution in [3.63, 3.8) is 0 Å². The summed E-state index contributed by atoms with van der Waals surface area (Å²) in [4.78, 5) is 24.9. The van der Waals surface area contributed by atoms with E-state index in [1.54, 1.807) is 6.92 Å². The van der Waals surface area contributed by atoms with Crippen LogP contribution in [0.2, 0.25) is 0 Å². The predicted octanol–water partition coefficient (Wildman–Crippen LogP) is 0.715. The Morgan fingerprint density at radius 1 is 1.43 bits per heavy atom. The minimum Gasteiger partial charge on any atom is -0.481 e. The lowest BCUT2D eigenvalue weighted by Gasteiger charge is -2.02. The molecule has 5 nitrogen and oxygen atoms in total. The number of aromatic carboxylic acids is 1. The molecule has 1 aromatic heterocycles. The molecule has 0 radical (unpaired) electrons. The summed E-state index contributed by atoms with van der Waals surface area (Å²) in [6.07, 6.45) is 1.08. The van der Waals surface area contributed by atoms with Gasteiger partial charge in [0.05, 0.1) is 17.7 Å². The molecule has 0 aromatic carbocycles. The van der Waals surface area contributed by atoms with Crippen molar-refractivity contribution in [3.05, 3.63) is 29.1 Å². The first-order chi connectivity index (χ1) is 6.50. The Bertz CT molecular complexity index is 386. The highest BCUT2D eigenvalue weighted by molar-refractivity contribution is 5.90. The minimum atomic E-state index is -1.16. The first kappa shape index (κ1) is 10.2. The third kappa shape index (κ3) is 2.29. The topological polar surface area (TPSA) is 87.5 Å². The van der Waals surface area contributed by atoms with Gasteiger partial charge in [0.15, 0.2) is 0 Å². The molecule has 0 aliphatic heterocycles. The molecule has 0 amide bonds. The summed E-state index contributed by atoms with van der Waals surface area (Å²) in [6.45, 7) is 1.70. The lowest BCUT2D eigenvalue weighted by molar-refractivity contribution is -0.136. The van der Waals surface area contributed by atoms with Gasteiger partial charge in [0.25, 0.3) is 0 Å². The zero-order valence-corrected chi connectivity index (χ0v) is 7.52. The van der Waals surface area contributed by atoms with Gasteiger partial charge in [0.1, 0.15) is 0 Å². The quantitative estimate of drug-likeness (QED) is 0.741. The van der Waals surface area contributed by atoms with E-state index in [1.165, 1.54) is 12.3 Å². The second kappa shape index (κ2) is 3.87. The molecule has 0 atom stereocenters. The molecular weight excluding hydrogens is 186 g/mol. The first-order valence-electron chi connectivity index (χ1n) is 3.91. The summed E-state index contributed by atoms with van der Waals surface area (Å²) >= 11 is 0.